The Morgan fingerprint density at radius 3 is 2.48 bits per heavy atom. The van der Waals surface area contributed by atoms with Gasteiger partial charge < -0.3 is 19.7 Å². The van der Waals surface area contributed by atoms with Gasteiger partial charge in [-0.25, -0.2) is 0 Å². The molecule has 2 aliphatic heterocycles. The molecule has 0 spiro atoms. The third kappa shape index (κ3) is 4.21. The first-order chi connectivity index (χ1) is 13.2. The lowest BCUT2D eigenvalue weighted by atomic mass is 9.93. The van der Waals surface area contributed by atoms with E-state index in [2.05, 4.69) is 51.9 Å². The number of piperidine rings is 1. The minimum absolute atomic E-state index is 0.284. The summed E-state index contributed by atoms with van der Waals surface area (Å²) in [5.41, 5.74) is 2.63. The van der Waals surface area contributed by atoms with Crippen molar-refractivity contribution in [2.24, 2.45) is 24.8 Å². The van der Waals surface area contributed by atoms with Crippen molar-refractivity contribution in [1.29, 1.82) is 0 Å². The molecule has 5 nitrogen and oxygen atoms in total. The maximum Gasteiger partial charge on any atom is 0.0477 e. The molecule has 2 N–H and O–H groups in total. The largest absolute Gasteiger partial charge is 0.396 e. The number of rotatable bonds is 6. The third-order valence-corrected chi connectivity index (χ3v) is 6.70. The van der Waals surface area contributed by atoms with Crippen LogP contribution in [0.1, 0.15) is 18.4 Å². The fraction of sp³-hybridized carbons (Fsp3) is 0.636. The van der Waals surface area contributed by atoms with Gasteiger partial charge in [0.15, 0.2) is 0 Å². The Labute approximate surface area is 162 Å². The molecule has 0 amide bonds. The molecule has 2 aliphatic rings. The van der Waals surface area contributed by atoms with Crippen molar-refractivity contribution in [2.75, 3.05) is 45.9 Å². The Hall–Kier alpha value is -1.40. The normalized spacial score (nSPS) is 25.6. The minimum atomic E-state index is 0.284. The molecule has 2 atom stereocenters. The predicted molar refractivity (Wildman–Crippen MR) is 109 cm³/mol. The van der Waals surface area contributed by atoms with Crippen molar-refractivity contribution in [1.82, 2.24) is 14.4 Å². The van der Waals surface area contributed by atoms with Crippen LogP contribution < -0.4 is 0 Å². The molecule has 4 rings (SSSR count). The number of aromatic nitrogens is 1. The summed E-state index contributed by atoms with van der Waals surface area (Å²) >= 11 is 0. The van der Waals surface area contributed by atoms with Crippen molar-refractivity contribution in [3.8, 4) is 0 Å². The SMILES string of the molecule is Cn1ccc2cc(CN3C[C@@H](CN4CCC(CO)CC4)[C@@H](CO)C3)ccc21. The maximum atomic E-state index is 9.89. The van der Waals surface area contributed by atoms with E-state index in [0.29, 0.717) is 24.4 Å². The monoisotopic (exact) mass is 371 g/mol. The van der Waals surface area contributed by atoms with Gasteiger partial charge in [0.25, 0.3) is 0 Å². The summed E-state index contributed by atoms with van der Waals surface area (Å²) in [7, 11) is 2.09. The number of nitrogens with zero attached hydrogens (tertiary/aromatic N) is 3. The zero-order valence-corrected chi connectivity index (χ0v) is 16.4. The highest BCUT2D eigenvalue weighted by atomic mass is 16.3. The van der Waals surface area contributed by atoms with Gasteiger partial charge in [-0.2, -0.15) is 0 Å². The van der Waals surface area contributed by atoms with Crippen LogP contribution in [0.2, 0.25) is 0 Å². The van der Waals surface area contributed by atoms with Crippen LogP contribution in [0.3, 0.4) is 0 Å². The van der Waals surface area contributed by atoms with E-state index in [1.165, 1.54) is 16.5 Å². The van der Waals surface area contributed by atoms with Crippen LogP contribution in [-0.4, -0.2) is 70.5 Å². The van der Waals surface area contributed by atoms with Gasteiger partial charge in [0.1, 0.15) is 0 Å². The Balaban J connectivity index is 1.35. The summed E-state index contributed by atoms with van der Waals surface area (Å²) < 4.78 is 2.16. The van der Waals surface area contributed by atoms with Gasteiger partial charge in [-0.05, 0) is 72.8 Å². The van der Waals surface area contributed by atoms with Crippen LogP contribution in [0.5, 0.6) is 0 Å². The van der Waals surface area contributed by atoms with E-state index in [4.69, 9.17) is 0 Å². The number of benzene rings is 1. The molecule has 0 aliphatic carbocycles. The average molecular weight is 372 g/mol. The van der Waals surface area contributed by atoms with Gasteiger partial charge in [0.2, 0.25) is 0 Å². The molecular formula is C22H33N3O2. The summed E-state index contributed by atoms with van der Waals surface area (Å²) in [4.78, 5) is 5.05. The van der Waals surface area contributed by atoms with E-state index >= 15 is 0 Å². The lowest BCUT2D eigenvalue weighted by Crippen LogP contribution is -2.40. The summed E-state index contributed by atoms with van der Waals surface area (Å²) in [5, 5.41) is 20.5. The second-order valence-corrected chi connectivity index (χ2v) is 8.64. The fourth-order valence-electron chi connectivity index (χ4n) is 4.95. The van der Waals surface area contributed by atoms with E-state index in [-0.39, 0.29) is 6.61 Å². The molecule has 5 heteroatoms. The summed E-state index contributed by atoms with van der Waals surface area (Å²) in [6.45, 7) is 6.89. The van der Waals surface area contributed by atoms with Crippen molar-refractivity contribution in [2.45, 2.75) is 19.4 Å². The van der Waals surface area contributed by atoms with Gasteiger partial charge in [0.05, 0.1) is 0 Å². The molecule has 1 aromatic carbocycles. The first-order valence-electron chi connectivity index (χ1n) is 10.4. The van der Waals surface area contributed by atoms with Gasteiger partial charge in [-0.3, -0.25) is 4.90 Å². The summed E-state index contributed by atoms with van der Waals surface area (Å²) in [5.74, 6) is 1.41. The Morgan fingerprint density at radius 2 is 1.74 bits per heavy atom. The van der Waals surface area contributed by atoms with Gasteiger partial charge in [0, 0.05) is 58.2 Å². The summed E-state index contributed by atoms with van der Waals surface area (Å²) in [6.07, 6.45) is 4.32. The molecule has 148 valence electrons. The van der Waals surface area contributed by atoms with Gasteiger partial charge in [-0.1, -0.05) is 6.07 Å². The van der Waals surface area contributed by atoms with E-state index < -0.39 is 0 Å². The Bertz CT molecular complexity index is 751. The fourth-order valence-corrected chi connectivity index (χ4v) is 4.95. The van der Waals surface area contributed by atoms with Gasteiger partial charge in [-0.15, -0.1) is 0 Å². The van der Waals surface area contributed by atoms with E-state index in [9.17, 15) is 10.2 Å². The van der Waals surface area contributed by atoms with Crippen LogP contribution in [0.25, 0.3) is 10.9 Å². The minimum Gasteiger partial charge on any atom is -0.396 e. The number of aliphatic hydroxyl groups is 2. The smallest absolute Gasteiger partial charge is 0.0477 e. The molecular weight excluding hydrogens is 338 g/mol. The maximum absolute atomic E-state index is 9.89. The number of fused-ring (bicyclic) bond motifs is 1. The molecule has 0 unspecified atom stereocenters. The average Bonchev–Trinajstić information content (AvgIpc) is 3.25. The highest BCUT2D eigenvalue weighted by Crippen LogP contribution is 2.28. The number of aryl methyl sites for hydroxylation is 1. The number of likely N-dealkylation sites (tertiary alicyclic amines) is 2. The van der Waals surface area contributed by atoms with Crippen LogP contribution >= 0.6 is 0 Å². The van der Waals surface area contributed by atoms with Crippen LogP contribution in [0, 0.1) is 17.8 Å². The van der Waals surface area contributed by atoms with E-state index in [1.54, 1.807) is 0 Å². The standard InChI is InChI=1S/C22H33N3O2/c1-23-7-6-19-10-18(2-3-22(19)23)11-25-13-20(21(14-25)16-27)12-24-8-4-17(15-26)5-9-24/h2-3,6-7,10,17,20-21,26-27H,4-5,8-9,11-16H2,1H3/t20-,21-/m1/s1. The van der Waals surface area contributed by atoms with Crippen molar-refractivity contribution in [3.63, 3.8) is 0 Å². The molecule has 0 bridgehead atoms. The molecule has 2 saturated heterocycles. The second kappa shape index (κ2) is 8.31. The predicted octanol–water partition coefficient (Wildman–Crippen LogP) is 1.92. The first-order valence-corrected chi connectivity index (χ1v) is 10.4. The number of hydrogen-bond acceptors (Lipinski definition) is 4. The molecule has 0 radical (unpaired) electrons. The zero-order chi connectivity index (χ0) is 18.8. The van der Waals surface area contributed by atoms with Crippen molar-refractivity contribution < 1.29 is 10.2 Å². The second-order valence-electron chi connectivity index (χ2n) is 8.64. The topological polar surface area (TPSA) is 51.9 Å². The molecule has 3 heterocycles. The van der Waals surface area contributed by atoms with Crippen molar-refractivity contribution >= 4 is 10.9 Å². The van der Waals surface area contributed by atoms with Crippen molar-refractivity contribution in [3.05, 3.63) is 36.0 Å². The molecule has 0 saturated carbocycles. The molecule has 2 aromatic rings. The van der Waals surface area contributed by atoms with Crippen LogP contribution in [-0.2, 0) is 13.6 Å². The zero-order valence-electron chi connectivity index (χ0n) is 16.4. The van der Waals surface area contributed by atoms with Crippen LogP contribution in [0.4, 0.5) is 0 Å². The lowest BCUT2D eigenvalue weighted by molar-refractivity contribution is 0.106. The number of aliphatic hydroxyl groups excluding tert-OH is 2. The van der Waals surface area contributed by atoms with E-state index in [0.717, 1.165) is 52.1 Å². The third-order valence-electron chi connectivity index (χ3n) is 6.70. The summed E-state index contributed by atoms with van der Waals surface area (Å²) in [6, 6.07) is 8.94. The van der Waals surface area contributed by atoms with E-state index in [1.807, 2.05) is 0 Å². The lowest BCUT2D eigenvalue weighted by Gasteiger charge is -2.33. The molecule has 27 heavy (non-hydrogen) atoms. The number of hydrogen-bond donors (Lipinski definition) is 2. The van der Waals surface area contributed by atoms with Gasteiger partial charge >= 0.3 is 0 Å². The molecule has 2 fully saturated rings. The first kappa shape index (κ1) is 18.9. The quantitative estimate of drug-likeness (QED) is 0.815. The Kier molecular flexibility index (Phi) is 5.83. The molecule has 1 aromatic heterocycles. The Morgan fingerprint density at radius 1 is 0.963 bits per heavy atom. The highest BCUT2D eigenvalue weighted by Gasteiger charge is 2.34. The van der Waals surface area contributed by atoms with Crippen LogP contribution in [0.15, 0.2) is 30.5 Å². The highest BCUT2D eigenvalue weighted by molar-refractivity contribution is 5.80.